The van der Waals surface area contributed by atoms with E-state index in [1.165, 1.54) is 17.3 Å². The molecule has 3 aromatic rings. The normalized spacial score (nSPS) is 11.3. The number of nitrogens with zero attached hydrogens (tertiary/aromatic N) is 2. The summed E-state index contributed by atoms with van der Waals surface area (Å²) in [6.07, 6.45) is 0.855. The van der Waals surface area contributed by atoms with E-state index in [1.54, 1.807) is 33.5 Å². The number of methoxy groups -OCH3 is 3. The van der Waals surface area contributed by atoms with Crippen molar-refractivity contribution in [2.75, 3.05) is 33.7 Å². The first-order valence-electron chi connectivity index (χ1n) is 10.4. The second-order valence-electron chi connectivity index (χ2n) is 8.11. The van der Waals surface area contributed by atoms with Gasteiger partial charge in [-0.25, -0.2) is 0 Å². The molecule has 2 aromatic carbocycles. The Morgan fingerprint density at radius 2 is 1.56 bits per heavy atom. The summed E-state index contributed by atoms with van der Waals surface area (Å²) >= 11 is 1.50. The molecule has 8 heteroatoms. The second-order valence-corrected chi connectivity index (χ2v) is 9.16. The van der Waals surface area contributed by atoms with Gasteiger partial charge in [-0.15, -0.1) is 10.2 Å². The van der Waals surface area contributed by atoms with Gasteiger partial charge in [0.05, 0.1) is 27.9 Å². The van der Waals surface area contributed by atoms with Crippen LogP contribution in [0.1, 0.15) is 32.8 Å². The van der Waals surface area contributed by atoms with Gasteiger partial charge < -0.3 is 23.4 Å². The van der Waals surface area contributed by atoms with Crippen molar-refractivity contribution in [1.82, 2.24) is 10.2 Å². The van der Waals surface area contributed by atoms with E-state index in [4.69, 9.17) is 23.4 Å². The lowest BCUT2D eigenvalue weighted by Gasteiger charge is -2.19. The molecule has 7 nitrogen and oxygen atoms in total. The Labute approximate surface area is 193 Å². The molecule has 0 saturated carbocycles. The highest BCUT2D eigenvalue weighted by Crippen LogP contribution is 2.41. The van der Waals surface area contributed by atoms with E-state index in [0.29, 0.717) is 40.5 Å². The van der Waals surface area contributed by atoms with E-state index in [1.807, 2.05) is 12.1 Å². The lowest BCUT2D eigenvalue weighted by atomic mass is 9.87. The first kappa shape index (κ1) is 23.8. The van der Waals surface area contributed by atoms with E-state index in [2.05, 4.69) is 43.1 Å². The highest BCUT2D eigenvalue weighted by atomic mass is 32.2. The smallest absolute Gasteiger partial charge is 0.276 e. The molecule has 1 heterocycles. The monoisotopic (exact) mass is 458 g/mol. The first-order chi connectivity index (χ1) is 15.4. The lowest BCUT2D eigenvalue weighted by molar-refractivity contribution is 0.318. The fourth-order valence-electron chi connectivity index (χ4n) is 3.05. The van der Waals surface area contributed by atoms with Gasteiger partial charge in [0.2, 0.25) is 11.6 Å². The predicted molar refractivity (Wildman–Crippen MR) is 125 cm³/mol. The van der Waals surface area contributed by atoms with E-state index in [0.717, 1.165) is 17.9 Å². The van der Waals surface area contributed by atoms with Gasteiger partial charge in [-0.05, 0) is 41.7 Å². The van der Waals surface area contributed by atoms with E-state index in [9.17, 15) is 0 Å². The van der Waals surface area contributed by atoms with Crippen molar-refractivity contribution in [3.63, 3.8) is 0 Å². The van der Waals surface area contributed by atoms with Crippen molar-refractivity contribution in [3.05, 3.63) is 42.0 Å². The van der Waals surface area contributed by atoms with Gasteiger partial charge >= 0.3 is 0 Å². The third-order valence-corrected chi connectivity index (χ3v) is 5.73. The van der Waals surface area contributed by atoms with Gasteiger partial charge in [-0.3, -0.25) is 0 Å². The molecule has 0 amide bonds. The third-order valence-electron chi connectivity index (χ3n) is 4.82. The molecule has 0 saturated heterocycles. The van der Waals surface area contributed by atoms with Gasteiger partial charge in [0.1, 0.15) is 5.75 Å². The third kappa shape index (κ3) is 5.88. The number of ether oxygens (including phenoxy) is 4. The average molecular weight is 459 g/mol. The van der Waals surface area contributed by atoms with Crippen molar-refractivity contribution < 1.29 is 23.4 Å². The molecule has 0 spiro atoms. The van der Waals surface area contributed by atoms with E-state index >= 15 is 0 Å². The summed E-state index contributed by atoms with van der Waals surface area (Å²) < 4.78 is 27.8. The summed E-state index contributed by atoms with van der Waals surface area (Å²) in [5.74, 6) is 3.65. The van der Waals surface area contributed by atoms with Crippen LogP contribution in [0.4, 0.5) is 0 Å². The maximum atomic E-state index is 5.84. The minimum atomic E-state index is 0.139. The maximum Gasteiger partial charge on any atom is 0.276 e. The molecule has 0 radical (unpaired) electrons. The fourth-order valence-corrected chi connectivity index (χ4v) is 3.72. The predicted octanol–water partition coefficient (Wildman–Crippen LogP) is 5.62. The number of hydrogen-bond donors (Lipinski definition) is 0. The van der Waals surface area contributed by atoms with Gasteiger partial charge in [0.25, 0.3) is 5.22 Å². The summed E-state index contributed by atoms with van der Waals surface area (Å²) in [5.41, 5.74) is 2.13. The topological polar surface area (TPSA) is 75.8 Å². The van der Waals surface area contributed by atoms with Crippen molar-refractivity contribution in [3.8, 4) is 34.5 Å². The summed E-state index contributed by atoms with van der Waals surface area (Å²) in [5, 5.41) is 8.78. The van der Waals surface area contributed by atoms with Crippen LogP contribution in [-0.4, -0.2) is 43.9 Å². The molecule has 172 valence electrons. The van der Waals surface area contributed by atoms with Crippen LogP contribution < -0.4 is 18.9 Å². The van der Waals surface area contributed by atoms with Crippen LogP contribution in [0.25, 0.3) is 11.5 Å². The Hall–Kier alpha value is -2.87. The maximum absolute atomic E-state index is 5.84. The molecule has 3 rings (SSSR count). The van der Waals surface area contributed by atoms with Crippen molar-refractivity contribution in [1.29, 1.82) is 0 Å². The number of aromatic nitrogens is 2. The number of rotatable bonds is 10. The largest absolute Gasteiger partial charge is 0.494 e. The molecule has 1 aromatic heterocycles. The average Bonchev–Trinajstić information content (AvgIpc) is 3.26. The second kappa shape index (κ2) is 10.6. The first-order valence-corrected chi connectivity index (χ1v) is 11.3. The molecule has 0 unspecified atom stereocenters. The van der Waals surface area contributed by atoms with Crippen molar-refractivity contribution in [2.45, 2.75) is 37.8 Å². The van der Waals surface area contributed by atoms with Gasteiger partial charge in [-0.2, -0.15) is 0 Å². The zero-order valence-corrected chi connectivity index (χ0v) is 20.2. The van der Waals surface area contributed by atoms with Crippen LogP contribution in [0.15, 0.2) is 46.0 Å². The molecule has 0 atom stereocenters. The summed E-state index contributed by atoms with van der Waals surface area (Å²) in [6.45, 7) is 7.22. The van der Waals surface area contributed by atoms with Crippen LogP contribution in [0.3, 0.4) is 0 Å². The highest BCUT2D eigenvalue weighted by molar-refractivity contribution is 7.99. The Kier molecular flexibility index (Phi) is 7.90. The number of hydrogen-bond acceptors (Lipinski definition) is 8. The molecule has 0 N–H and O–H groups in total. The molecule has 0 aliphatic carbocycles. The Bertz CT molecular complexity index is 987. The molecule has 0 fully saturated rings. The SMILES string of the molecule is COc1cc(-c2nnc(SCCCOc3ccc(C(C)(C)C)cc3)o2)cc(OC)c1OC. The molecular weight excluding hydrogens is 428 g/mol. The van der Waals surface area contributed by atoms with Crippen LogP contribution in [0.5, 0.6) is 23.0 Å². The van der Waals surface area contributed by atoms with Crippen LogP contribution in [0, 0.1) is 0 Å². The summed E-state index contributed by atoms with van der Waals surface area (Å²) in [7, 11) is 4.69. The molecule has 0 aliphatic rings. The van der Waals surface area contributed by atoms with Gasteiger partial charge in [-0.1, -0.05) is 44.7 Å². The standard InChI is InChI=1S/C24H30N2O5S/c1-24(2,3)17-8-10-18(11-9-17)30-12-7-13-32-23-26-25-22(31-23)16-14-19(27-4)21(29-6)20(15-16)28-5/h8-11,14-15H,7,12-13H2,1-6H3. The molecular formula is C24H30N2O5S. The molecule has 32 heavy (non-hydrogen) atoms. The minimum Gasteiger partial charge on any atom is -0.494 e. The zero-order valence-electron chi connectivity index (χ0n) is 19.4. The summed E-state index contributed by atoms with van der Waals surface area (Å²) in [4.78, 5) is 0. The quantitative estimate of drug-likeness (QED) is 0.286. The summed E-state index contributed by atoms with van der Waals surface area (Å²) in [6, 6.07) is 11.8. The van der Waals surface area contributed by atoms with Gasteiger partial charge in [0.15, 0.2) is 11.5 Å². The van der Waals surface area contributed by atoms with Gasteiger partial charge in [0, 0.05) is 11.3 Å². The zero-order chi connectivity index (χ0) is 23.1. The number of benzene rings is 2. The van der Waals surface area contributed by atoms with E-state index in [-0.39, 0.29) is 5.41 Å². The Morgan fingerprint density at radius 1 is 0.906 bits per heavy atom. The van der Waals surface area contributed by atoms with Crippen molar-refractivity contribution in [2.24, 2.45) is 0 Å². The van der Waals surface area contributed by atoms with Crippen LogP contribution in [-0.2, 0) is 5.41 Å². The molecule has 0 aliphatic heterocycles. The minimum absolute atomic E-state index is 0.139. The number of thioether (sulfide) groups is 1. The lowest BCUT2D eigenvalue weighted by Crippen LogP contribution is -2.10. The Morgan fingerprint density at radius 3 is 2.12 bits per heavy atom. The van der Waals surface area contributed by atoms with Crippen LogP contribution >= 0.6 is 11.8 Å². The van der Waals surface area contributed by atoms with E-state index < -0.39 is 0 Å². The van der Waals surface area contributed by atoms with Crippen LogP contribution in [0.2, 0.25) is 0 Å². The highest BCUT2D eigenvalue weighted by Gasteiger charge is 2.18. The Balaban J connectivity index is 1.52. The molecule has 0 bridgehead atoms. The van der Waals surface area contributed by atoms with Crippen molar-refractivity contribution >= 4 is 11.8 Å². The fraction of sp³-hybridized carbons (Fsp3) is 0.417.